The van der Waals surface area contributed by atoms with Crippen LogP contribution in [0.2, 0.25) is 0 Å². The average Bonchev–Trinajstić information content (AvgIpc) is 2.68. The first kappa shape index (κ1) is 17.0. The molecule has 1 aliphatic heterocycles. The second kappa shape index (κ2) is 11.1. The molecule has 1 aliphatic rings. The van der Waals surface area contributed by atoms with E-state index in [2.05, 4.69) is 31.3 Å². The summed E-state index contributed by atoms with van der Waals surface area (Å²) in [5.41, 5.74) is 0. The van der Waals surface area contributed by atoms with Crippen LogP contribution >= 0.6 is 0 Å². The number of hydrogen-bond donors (Lipinski definition) is 1. The molecular weight excluding hydrogens is 276 g/mol. The summed E-state index contributed by atoms with van der Waals surface area (Å²) in [5.74, 6) is 0. The van der Waals surface area contributed by atoms with Gasteiger partial charge < -0.3 is 21.9 Å². The summed E-state index contributed by atoms with van der Waals surface area (Å²) in [7, 11) is 2.15. The second-order valence-corrected chi connectivity index (χ2v) is 5.11. The minimum absolute atomic E-state index is 0. The van der Waals surface area contributed by atoms with E-state index < -0.39 is 0 Å². The molecule has 0 aliphatic carbocycles. The summed E-state index contributed by atoms with van der Waals surface area (Å²) < 4.78 is 0. The van der Waals surface area contributed by atoms with E-state index in [-0.39, 0.29) is 17.0 Å². The lowest BCUT2D eigenvalue weighted by molar-refractivity contribution is -0.848. The molecule has 0 aromatic heterocycles. The highest BCUT2D eigenvalue weighted by molar-refractivity contribution is 4.74. The molecule has 0 fully saturated rings. The van der Waals surface area contributed by atoms with Gasteiger partial charge in [0.15, 0.2) is 6.67 Å². The average molecular weight is 305 g/mol. The Balaban J connectivity index is 0.00000256. The maximum absolute atomic E-state index is 2.29. The van der Waals surface area contributed by atoms with Crippen LogP contribution in [0.4, 0.5) is 0 Å². The van der Waals surface area contributed by atoms with Crippen LogP contribution in [-0.2, 0) is 0 Å². The molecule has 2 nitrogen and oxygen atoms in total. The molecule has 0 amide bonds. The van der Waals surface area contributed by atoms with Gasteiger partial charge in [-0.05, 0) is 12.8 Å². The zero-order valence-corrected chi connectivity index (χ0v) is 13.1. The molecule has 102 valence electrons. The Bertz CT molecular complexity index is 195. The van der Waals surface area contributed by atoms with Crippen LogP contribution in [-0.4, -0.2) is 25.2 Å². The Morgan fingerprint density at radius 2 is 1.59 bits per heavy atom. The van der Waals surface area contributed by atoms with Gasteiger partial charge in [-0.2, -0.15) is 0 Å². The van der Waals surface area contributed by atoms with Crippen LogP contribution in [0.3, 0.4) is 0 Å². The third kappa shape index (κ3) is 8.67. The first-order chi connectivity index (χ1) is 7.83. The van der Waals surface area contributed by atoms with E-state index in [0.29, 0.717) is 0 Å². The van der Waals surface area contributed by atoms with E-state index in [0.717, 1.165) is 6.67 Å². The first-order valence-electron chi connectivity index (χ1n) is 7.06. The van der Waals surface area contributed by atoms with Crippen molar-refractivity contribution < 1.29 is 21.9 Å². The van der Waals surface area contributed by atoms with Crippen molar-refractivity contribution in [2.24, 2.45) is 0 Å². The molecule has 1 unspecified atom stereocenters. The second-order valence-electron chi connectivity index (χ2n) is 5.11. The Morgan fingerprint density at radius 1 is 1.00 bits per heavy atom. The highest BCUT2D eigenvalue weighted by atomic mass is 79.9. The molecule has 1 rings (SSSR count). The minimum atomic E-state index is 0. The Hall–Kier alpha value is -0.0200. The van der Waals surface area contributed by atoms with Crippen molar-refractivity contribution in [3.05, 3.63) is 12.4 Å². The van der Waals surface area contributed by atoms with E-state index in [9.17, 15) is 0 Å². The van der Waals surface area contributed by atoms with Crippen LogP contribution < -0.4 is 21.9 Å². The van der Waals surface area contributed by atoms with Gasteiger partial charge in [0, 0.05) is 7.05 Å². The van der Waals surface area contributed by atoms with Crippen LogP contribution in [0.1, 0.15) is 58.3 Å². The van der Waals surface area contributed by atoms with Crippen molar-refractivity contribution in [3.63, 3.8) is 0 Å². The van der Waals surface area contributed by atoms with Crippen molar-refractivity contribution in [1.29, 1.82) is 0 Å². The number of quaternary nitrogens is 1. The van der Waals surface area contributed by atoms with E-state index >= 15 is 0 Å². The monoisotopic (exact) mass is 304 g/mol. The molecular formula is C14H29BrN2. The van der Waals surface area contributed by atoms with Crippen LogP contribution in [0.5, 0.6) is 0 Å². The third-order valence-corrected chi connectivity index (χ3v) is 3.37. The Kier molecular flexibility index (Phi) is 11.1. The summed E-state index contributed by atoms with van der Waals surface area (Å²) >= 11 is 0. The van der Waals surface area contributed by atoms with Crippen molar-refractivity contribution in [2.75, 3.05) is 20.3 Å². The fourth-order valence-corrected chi connectivity index (χ4v) is 2.31. The minimum Gasteiger partial charge on any atom is -1.00 e. The number of nitrogens with zero attached hydrogens (tertiary/aromatic N) is 1. The maximum Gasteiger partial charge on any atom is 0.156 e. The van der Waals surface area contributed by atoms with Crippen molar-refractivity contribution in [1.82, 2.24) is 4.90 Å². The number of rotatable bonds is 9. The molecule has 0 spiro atoms. The van der Waals surface area contributed by atoms with Crippen LogP contribution in [0, 0.1) is 0 Å². The number of hydrogen-bond acceptors (Lipinski definition) is 1. The predicted octanol–water partition coefficient (Wildman–Crippen LogP) is -0.610. The summed E-state index contributed by atoms with van der Waals surface area (Å²) in [5, 5.41) is 0. The van der Waals surface area contributed by atoms with E-state index in [1.807, 2.05) is 0 Å². The van der Waals surface area contributed by atoms with E-state index in [1.54, 1.807) is 4.90 Å². The molecule has 0 bridgehead atoms. The lowest BCUT2D eigenvalue weighted by Crippen LogP contribution is -3.07. The Labute approximate surface area is 118 Å². The normalized spacial score (nSPS) is 18.5. The standard InChI is InChI=1S/C14H28N2.BrH/c1-3-4-5-6-7-8-9-10-11-16-13-12-15(2)14-16;/h12-13H,3-11,14H2,1-2H3;1H. The van der Waals surface area contributed by atoms with Crippen molar-refractivity contribution >= 4 is 0 Å². The fourth-order valence-electron chi connectivity index (χ4n) is 2.31. The topological polar surface area (TPSA) is 7.68 Å². The van der Waals surface area contributed by atoms with E-state index in [1.165, 1.54) is 57.9 Å². The fraction of sp³-hybridized carbons (Fsp3) is 0.857. The molecule has 0 aromatic rings. The van der Waals surface area contributed by atoms with Gasteiger partial charge in [-0.3, -0.25) is 4.90 Å². The molecule has 1 atom stereocenters. The quantitative estimate of drug-likeness (QED) is 0.559. The molecule has 17 heavy (non-hydrogen) atoms. The molecule has 1 heterocycles. The predicted molar refractivity (Wildman–Crippen MR) is 70.2 cm³/mol. The van der Waals surface area contributed by atoms with E-state index in [4.69, 9.17) is 0 Å². The van der Waals surface area contributed by atoms with Crippen LogP contribution in [0.25, 0.3) is 0 Å². The summed E-state index contributed by atoms with van der Waals surface area (Å²) in [6.07, 6.45) is 15.9. The molecule has 0 saturated heterocycles. The number of unbranched alkanes of at least 4 members (excludes halogenated alkanes) is 7. The lowest BCUT2D eigenvalue weighted by atomic mass is 10.1. The summed E-state index contributed by atoms with van der Waals surface area (Å²) in [6, 6.07) is 0. The highest BCUT2D eigenvalue weighted by Gasteiger charge is 2.11. The third-order valence-electron chi connectivity index (χ3n) is 3.37. The Morgan fingerprint density at radius 3 is 2.12 bits per heavy atom. The van der Waals surface area contributed by atoms with Gasteiger partial charge in [0.25, 0.3) is 0 Å². The van der Waals surface area contributed by atoms with Gasteiger partial charge in [0.2, 0.25) is 0 Å². The summed E-state index contributed by atoms with van der Waals surface area (Å²) in [4.78, 5) is 3.88. The van der Waals surface area contributed by atoms with Gasteiger partial charge >= 0.3 is 0 Å². The zero-order chi connectivity index (χ0) is 11.6. The molecule has 0 radical (unpaired) electrons. The SMILES string of the molecule is CCCCCCCCCC[NH+]1C=CN(C)C1.[Br-]. The number of nitrogens with one attached hydrogen (secondary N) is 1. The highest BCUT2D eigenvalue weighted by Crippen LogP contribution is 2.07. The van der Waals surface area contributed by atoms with Gasteiger partial charge in [-0.15, -0.1) is 0 Å². The first-order valence-corrected chi connectivity index (χ1v) is 7.06. The van der Waals surface area contributed by atoms with Crippen molar-refractivity contribution in [3.8, 4) is 0 Å². The zero-order valence-electron chi connectivity index (χ0n) is 11.6. The molecule has 0 aromatic carbocycles. The lowest BCUT2D eigenvalue weighted by Gasteiger charge is -2.12. The van der Waals surface area contributed by atoms with Gasteiger partial charge in [0.05, 0.1) is 12.7 Å². The number of halogens is 1. The molecule has 1 N–H and O–H groups in total. The van der Waals surface area contributed by atoms with Crippen molar-refractivity contribution in [2.45, 2.75) is 58.3 Å². The molecule has 0 saturated carbocycles. The van der Waals surface area contributed by atoms with Crippen LogP contribution in [0.15, 0.2) is 12.4 Å². The maximum atomic E-state index is 2.29. The van der Waals surface area contributed by atoms with Gasteiger partial charge in [0.1, 0.15) is 6.20 Å². The van der Waals surface area contributed by atoms with Gasteiger partial charge in [-0.25, -0.2) is 0 Å². The van der Waals surface area contributed by atoms with Gasteiger partial charge in [-0.1, -0.05) is 45.4 Å². The summed E-state index contributed by atoms with van der Waals surface area (Å²) in [6.45, 7) is 4.76. The smallest absolute Gasteiger partial charge is 0.156 e. The molecule has 3 heteroatoms. The largest absolute Gasteiger partial charge is 1.00 e.